The number of nitro groups is 1. The molecule has 1 aliphatic heterocycles. The summed E-state index contributed by atoms with van der Waals surface area (Å²) in [5, 5.41) is 14.5. The zero-order valence-electron chi connectivity index (χ0n) is 12.9. The van der Waals surface area contributed by atoms with Crippen molar-refractivity contribution in [3.8, 4) is 0 Å². The molecule has 1 saturated heterocycles. The first-order valence-electron chi connectivity index (χ1n) is 8.18. The number of morpholine rings is 1. The smallest absolute Gasteiger partial charge is 0.371 e. The van der Waals surface area contributed by atoms with E-state index in [1.165, 1.54) is 42.6 Å². The maximum Gasteiger partial charge on any atom is 0.389 e. The molecule has 1 amide bonds. The maximum absolute atomic E-state index is 12.6. The molecule has 2 heterocycles. The molecule has 2 aliphatic carbocycles. The van der Waals surface area contributed by atoms with Crippen LogP contribution in [0.15, 0.2) is 12.3 Å². The Bertz CT molecular complexity index is 623. The summed E-state index contributed by atoms with van der Waals surface area (Å²) in [7, 11) is 0. The zero-order chi connectivity index (χ0) is 16.0. The Morgan fingerprint density at radius 3 is 2.65 bits per heavy atom. The monoisotopic (exact) mass is 320 g/mol. The molecule has 1 aromatic heterocycles. The van der Waals surface area contributed by atoms with Gasteiger partial charge in [0.05, 0.1) is 36.1 Å². The molecule has 124 valence electrons. The van der Waals surface area contributed by atoms with Gasteiger partial charge in [-0.2, -0.15) is 4.68 Å². The van der Waals surface area contributed by atoms with E-state index in [2.05, 4.69) is 5.10 Å². The molecule has 4 rings (SSSR count). The van der Waals surface area contributed by atoms with Crippen molar-refractivity contribution in [2.75, 3.05) is 19.7 Å². The quantitative estimate of drug-likeness (QED) is 0.601. The van der Waals surface area contributed by atoms with E-state index in [9.17, 15) is 14.9 Å². The lowest BCUT2D eigenvalue weighted by Gasteiger charge is -2.43. The number of amides is 1. The second-order valence-corrected chi connectivity index (χ2v) is 6.80. The normalized spacial score (nSPS) is 23.7. The largest absolute Gasteiger partial charge is 0.389 e. The van der Waals surface area contributed by atoms with Crippen molar-refractivity contribution in [3.63, 3.8) is 0 Å². The third-order valence-electron chi connectivity index (χ3n) is 5.17. The highest BCUT2D eigenvalue weighted by molar-refractivity contribution is 5.76. The Labute approximate surface area is 133 Å². The number of ether oxygens (including phenoxy) is 1. The fraction of sp³-hybridized carbons (Fsp3) is 0.733. The van der Waals surface area contributed by atoms with Crippen LogP contribution >= 0.6 is 0 Å². The standard InChI is InChI=1S/C15H20N4O4/c20-14(9-18-6-5-13(16-18)19(21)22)17-7-8-23-15(10-17,11-1-2-11)12-3-4-12/h5-6,11-12H,1-4,7-10H2. The van der Waals surface area contributed by atoms with E-state index in [1.54, 1.807) is 0 Å². The Kier molecular flexibility index (Phi) is 3.37. The van der Waals surface area contributed by atoms with Gasteiger partial charge in [-0.05, 0) is 42.4 Å². The van der Waals surface area contributed by atoms with Gasteiger partial charge < -0.3 is 19.8 Å². The van der Waals surface area contributed by atoms with Crippen molar-refractivity contribution in [2.45, 2.75) is 37.8 Å². The molecule has 0 N–H and O–H groups in total. The summed E-state index contributed by atoms with van der Waals surface area (Å²) < 4.78 is 7.51. The van der Waals surface area contributed by atoms with Crippen LogP contribution in [0, 0.1) is 22.0 Å². The molecule has 0 spiro atoms. The van der Waals surface area contributed by atoms with E-state index >= 15 is 0 Å². The molecular weight excluding hydrogens is 300 g/mol. The fourth-order valence-electron chi connectivity index (χ4n) is 3.73. The van der Waals surface area contributed by atoms with Gasteiger partial charge in [-0.15, -0.1) is 0 Å². The van der Waals surface area contributed by atoms with Crippen LogP contribution in [0.25, 0.3) is 0 Å². The molecule has 8 nitrogen and oxygen atoms in total. The molecule has 1 aromatic rings. The second kappa shape index (κ2) is 5.30. The zero-order valence-corrected chi connectivity index (χ0v) is 12.9. The van der Waals surface area contributed by atoms with Crippen LogP contribution in [0.1, 0.15) is 25.7 Å². The molecule has 0 unspecified atom stereocenters. The number of hydrogen-bond donors (Lipinski definition) is 0. The second-order valence-electron chi connectivity index (χ2n) is 6.80. The highest BCUT2D eigenvalue weighted by Crippen LogP contribution is 2.55. The summed E-state index contributed by atoms with van der Waals surface area (Å²) in [6.45, 7) is 1.87. The molecule has 3 fully saturated rings. The Hall–Kier alpha value is -1.96. The first kappa shape index (κ1) is 14.6. The molecule has 8 heteroatoms. The highest BCUT2D eigenvalue weighted by atomic mass is 16.6. The van der Waals surface area contributed by atoms with Crippen molar-refractivity contribution < 1.29 is 14.5 Å². The van der Waals surface area contributed by atoms with Crippen LogP contribution in [-0.4, -0.2) is 50.8 Å². The van der Waals surface area contributed by atoms with Gasteiger partial charge in [0.1, 0.15) is 6.54 Å². The number of rotatable bonds is 5. The number of nitrogens with zero attached hydrogens (tertiary/aromatic N) is 4. The van der Waals surface area contributed by atoms with Gasteiger partial charge in [-0.25, -0.2) is 0 Å². The van der Waals surface area contributed by atoms with Gasteiger partial charge in [0.25, 0.3) is 0 Å². The van der Waals surface area contributed by atoms with E-state index in [0.717, 1.165) is 0 Å². The molecule has 23 heavy (non-hydrogen) atoms. The Balaban J connectivity index is 1.44. The van der Waals surface area contributed by atoms with Crippen LogP contribution in [0.2, 0.25) is 0 Å². The topological polar surface area (TPSA) is 90.5 Å². The van der Waals surface area contributed by atoms with Crippen molar-refractivity contribution >= 4 is 11.7 Å². The Morgan fingerprint density at radius 1 is 1.39 bits per heavy atom. The predicted octanol–water partition coefficient (Wildman–Crippen LogP) is 1.21. The van der Waals surface area contributed by atoms with Crippen molar-refractivity contribution in [1.29, 1.82) is 0 Å². The summed E-state index contributed by atoms with van der Waals surface area (Å²) in [5.74, 6) is 0.912. The lowest BCUT2D eigenvalue weighted by Crippen LogP contribution is -2.56. The van der Waals surface area contributed by atoms with Gasteiger partial charge in [-0.1, -0.05) is 0 Å². The average molecular weight is 320 g/mol. The molecule has 2 saturated carbocycles. The minimum absolute atomic E-state index is 0.0409. The van der Waals surface area contributed by atoms with E-state index in [-0.39, 0.29) is 23.9 Å². The first-order valence-corrected chi connectivity index (χ1v) is 8.18. The van der Waals surface area contributed by atoms with Gasteiger partial charge in [0.15, 0.2) is 0 Å². The average Bonchev–Trinajstić information content (AvgIpc) is 3.44. The fourth-order valence-corrected chi connectivity index (χ4v) is 3.73. The number of carbonyl (C=O) groups is 1. The van der Waals surface area contributed by atoms with Crippen molar-refractivity contribution in [1.82, 2.24) is 14.7 Å². The van der Waals surface area contributed by atoms with Gasteiger partial charge in [0, 0.05) is 6.54 Å². The van der Waals surface area contributed by atoms with Crippen molar-refractivity contribution in [3.05, 3.63) is 22.4 Å². The summed E-state index contributed by atoms with van der Waals surface area (Å²) >= 11 is 0. The van der Waals surface area contributed by atoms with Gasteiger partial charge >= 0.3 is 5.82 Å². The van der Waals surface area contributed by atoms with Crippen LogP contribution < -0.4 is 0 Å². The summed E-state index contributed by atoms with van der Waals surface area (Å²) in [6.07, 6.45) is 6.27. The van der Waals surface area contributed by atoms with E-state index in [4.69, 9.17) is 4.74 Å². The molecular formula is C15H20N4O4. The van der Waals surface area contributed by atoms with Crippen LogP contribution in [0.3, 0.4) is 0 Å². The molecule has 0 atom stereocenters. The van der Waals surface area contributed by atoms with E-state index in [1.807, 2.05) is 4.90 Å². The number of carbonyl (C=O) groups excluding carboxylic acids is 1. The van der Waals surface area contributed by atoms with E-state index < -0.39 is 4.92 Å². The van der Waals surface area contributed by atoms with E-state index in [0.29, 0.717) is 31.5 Å². The highest BCUT2D eigenvalue weighted by Gasteiger charge is 2.57. The van der Waals surface area contributed by atoms with Crippen LogP contribution in [0.5, 0.6) is 0 Å². The third kappa shape index (κ3) is 2.71. The Morgan fingerprint density at radius 2 is 2.09 bits per heavy atom. The molecule has 3 aliphatic rings. The number of aromatic nitrogens is 2. The summed E-state index contributed by atoms with van der Waals surface area (Å²) in [6, 6.07) is 1.31. The number of hydrogen-bond acceptors (Lipinski definition) is 5. The SMILES string of the molecule is O=C(Cn1ccc([N+](=O)[O-])n1)N1CCOC(C2CC2)(C2CC2)C1. The molecule has 0 radical (unpaired) electrons. The molecule has 0 aromatic carbocycles. The third-order valence-corrected chi connectivity index (χ3v) is 5.17. The maximum atomic E-state index is 12.6. The van der Waals surface area contributed by atoms with Gasteiger partial charge in [0.2, 0.25) is 5.91 Å². The van der Waals surface area contributed by atoms with Crippen LogP contribution in [-0.2, 0) is 16.1 Å². The summed E-state index contributed by atoms with van der Waals surface area (Å²) in [5.41, 5.74) is -0.135. The minimum atomic E-state index is -0.555. The summed E-state index contributed by atoms with van der Waals surface area (Å²) in [4.78, 5) is 24.5. The first-order chi connectivity index (χ1) is 11.1. The van der Waals surface area contributed by atoms with Crippen molar-refractivity contribution in [2.24, 2.45) is 11.8 Å². The lowest BCUT2D eigenvalue weighted by atomic mass is 9.89. The minimum Gasteiger partial charge on any atom is -0.371 e. The lowest BCUT2D eigenvalue weighted by molar-refractivity contribution is -0.389. The molecule has 0 bridgehead atoms. The predicted molar refractivity (Wildman–Crippen MR) is 79.6 cm³/mol. The van der Waals surface area contributed by atoms with Crippen LogP contribution in [0.4, 0.5) is 5.82 Å². The van der Waals surface area contributed by atoms with Gasteiger partial charge in [-0.3, -0.25) is 4.79 Å².